The molecule has 10 aromatic rings. The number of rotatable bonds is 7. The number of oxazole rings is 1. The second-order valence-corrected chi connectivity index (χ2v) is 13.5. The molecular weight excluding hydrogens is 649 g/mol. The molecule has 0 aliphatic rings. The highest BCUT2D eigenvalue weighted by Crippen LogP contribution is 2.40. The summed E-state index contributed by atoms with van der Waals surface area (Å²) in [6.45, 7) is 0. The second-order valence-electron chi connectivity index (χ2n) is 12.5. The van der Waals surface area contributed by atoms with E-state index in [1.165, 1.54) is 20.5 Å². The van der Waals surface area contributed by atoms with Gasteiger partial charge in [0.1, 0.15) is 16.9 Å². The Bertz CT molecular complexity index is 2610. The van der Waals surface area contributed by atoms with Crippen molar-refractivity contribution >= 4 is 60.6 Å². The Morgan fingerprint density at radius 2 is 1.14 bits per heavy atom. The average Bonchev–Trinajstić information content (AvgIpc) is 4.01. The first-order valence-electron chi connectivity index (χ1n) is 16.7. The van der Waals surface area contributed by atoms with Crippen LogP contribution in [0.3, 0.4) is 0 Å². The topological polar surface area (TPSA) is 55.6 Å². The number of nitrogens with zero attached hydrogens (tertiary/aromatic N) is 2. The van der Waals surface area contributed by atoms with Gasteiger partial charge in [-0.15, -0.1) is 11.3 Å². The summed E-state index contributed by atoms with van der Waals surface area (Å²) in [4.78, 5) is 8.14. The number of fused-ring (bicyclic) bond motifs is 3. The summed E-state index contributed by atoms with van der Waals surface area (Å²) in [5.74, 6) is 1.94. The molecular formula is C45H28N2O3S. The Labute approximate surface area is 297 Å². The Morgan fingerprint density at radius 1 is 0.471 bits per heavy atom. The zero-order valence-electron chi connectivity index (χ0n) is 27.2. The van der Waals surface area contributed by atoms with Gasteiger partial charge in [0.2, 0.25) is 0 Å². The Hall–Kier alpha value is -6.63. The van der Waals surface area contributed by atoms with Crippen LogP contribution < -0.4 is 4.90 Å². The van der Waals surface area contributed by atoms with Crippen LogP contribution in [0.25, 0.3) is 76.7 Å². The number of furan rings is 2. The standard InChI is InChI=1S/C45H28N2O3S/c1-3-8-39-33(6-1)27-41(49-39)30-13-20-36(21-14-30)47(37-22-15-31(16-23-37)44-28-34-7-2-4-10-43(34)51-44)35-18-11-29(12-19-35)32-17-24-38-42(26-32)50-45(46-38)40-9-5-25-48-40/h1-28H. The van der Waals surface area contributed by atoms with Crippen LogP contribution >= 0.6 is 11.3 Å². The number of anilines is 3. The average molecular weight is 677 g/mol. The third-order valence-electron chi connectivity index (χ3n) is 9.25. The van der Waals surface area contributed by atoms with E-state index in [2.05, 4.69) is 131 Å². The minimum Gasteiger partial charge on any atom is -0.459 e. The lowest BCUT2D eigenvalue weighted by Gasteiger charge is -2.26. The molecule has 4 heterocycles. The third kappa shape index (κ3) is 5.39. The summed E-state index contributed by atoms with van der Waals surface area (Å²) in [6.07, 6.45) is 1.62. The molecule has 0 bridgehead atoms. The lowest BCUT2D eigenvalue weighted by atomic mass is 10.0. The first-order chi connectivity index (χ1) is 25.2. The summed E-state index contributed by atoms with van der Waals surface area (Å²) in [7, 11) is 0. The Kier molecular flexibility index (Phi) is 6.93. The molecule has 0 N–H and O–H groups in total. The highest BCUT2D eigenvalue weighted by atomic mass is 32.1. The molecule has 0 spiro atoms. The molecule has 10 rings (SSSR count). The molecule has 4 aromatic heterocycles. The van der Waals surface area contributed by atoms with E-state index in [1.54, 1.807) is 6.26 Å². The number of benzene rings is 6. The first-order valence-corrected chi connectivity index (χ1v) is 17.6. The Balaban J connectivity index is 1.00. The molecule has 242 valence electrons. The van der Waals surface area contributed by atoms with Gasteiger partial charge in [0.05, 0.1) is 6.26 Å². The van der Waals surface area contributed by atoms with Crippen LogP contribution in [0.2, 0.25) is 0 Å². The fraction of sp³-hybridized carbons (Fsp3) is 0. The molecule has 0 aliphatic carbocycles. The van der Waals surface area contributed by atoms with Gasteiger partial charge in [-0.05, 0) is 119 Å². The van der Waals surface area contributed by atoms with Gasteiger partial charge in [-0.2, -0.15) is 0 Å². The van der Waals surface area contributed by atoms with Crippen molar-refractivity contribution in [2.24, 2.45) is 0 Å². The van der Waals surface area contributed by atoms with E-state index < -0.39 is 0 Å². The highest BCUT2D eigenvalue weighted by molar-refractivity contribution is 7.22. The molecule has 0 saturated heterocycles. The quantitative estimate of drug-likeness (QED) is 0.168. The van der Waals surface area contributed by atoms with Crippen LogP contribution in [0.4, 0.5) is 17.1 Å². The second kappa shape index (κ2) is 12.1. The van der Waals surface area contributed by atoms with Gasteiger partial charge in [-0.3, -0.25) is 0 Å². The van der Waals surface area contributed by atoms with Crippen molar-refractivity contribution in [1.82, 2.24) is 4.98 Å². The maximum absolute atomic E-state index is 6.17. The smallest absolute Gasteiger partial charge is 0.263 e. The van der Waals surface area contributed by atoms with Crippen LogP contribution in [0, 0.1) is 0 Å². The van der Waals surface area contributed by atoms with Gasteiger partial charge in [-0.1, -0.05) is 66.7 Å². The SMILES string of the molecule is c1coc(-c2nc3ccc(-c4ccc(N(c5ccc(-c6cc7ccccc7o6)cc5)c5ccc(-c6cc7ccccc7s6)cc5)cc4)cc3o2)c1. The molecule has 0 saturated carbocycles. The monoisotopic (exact) mass is 676 g/mol. The zero-order valence-corrected chi connectivity index (χ0v) is 28.0. The van der Waals surface area contributed by atoms with E-state index in [0.717, 1.165) is 56.0 Å². The van der Waals surface area contributed by atoms with Gasteiger partial charge in [0.15, 0.2) is 11.3 Å². The molecule has 0 atom stereocenters. The van der Waals surface area contributed by atoms with E-state index in [0.29, 0.717) is 17.2 Å². The molecule has 6 heteroatoms. The van der Waals surface area contributed by atoms with Crippen LogP contribution in [0.15, 0.2) is 183 Å². The van der Waals surface area contributed by atoms with E-state index in [-0.39, 0.29) is 0 Å². The molecule has 0 fully saturated rings. The van der Waals surface area contributed by atoms with Gasteiger partial charge >= 0.3 is 0 Å². The predicted octanol–water partition coefficient (Wildman–Crippen LogP) is 13.5. The molecule has 0 unspecified atom stereocenters. The van der Waals surface area contributed by atoms with Crippen LogP contribution in [0.1, 0.15) is 0 Å². The van der Waals surface area contributed by atoms with Crippen molar-refractivity contribution in [2.75, 3.05) is 4.90 Å². The maximum Gasteiger partial charge on any atom is 0.263 e. The predicted molar refractivity (Wildman–Crippen MR) is 208 cm³/mol. The maximum atomic E-state index is 6.17. The van der Waals surface area contributed by atoms with Crippen LogP contribution in [-0.4, -0.2) is 4.98 Å². The molecule has 0 radical (unpaired) electrons. The number of thiophene rings is 1. The fourth-order valence-electron chi connectivity index (χ4n) is 6.66. The summed E-state index contributed by atoms with van der Waals surface area (Å²) in [6, 6.07) is 56.9. The van der Waals surface area contributed by atoms with Crippen molar-refractivity contribution in [3.63, 3.8) is 0 Å². The largest absolute Gasteiger partial charge is 0.459 e. The molecule has 0 aliphatic heterocycles. The van der Waals surface area contributed by atoms with Crippen molar-refractivity contribution in [2.45, 2.75) is 0 Å². The minimum absolute atomic E-state index is 0.475. The lowest BCUT2D eigenvalue weighted by molar-refractivity contribution is 0.535. The number of hydrogen-bond donors (Lipinski definition) is 0. The zero-order chi connectivity index (χ0) is 33.7. The van der Waals surface area contributed by atoms with Gasteiger partial charge < -0.3 is 18.2 Å². The molecule has 6 aromatic carbocycles. The van der Waals surface area contributed by atoms with Gasteiger partial charge in [-0.25, -0.2) is 4.98 Å². The minimum atomic E-state index is 0.475. The van der Waals surface area contributed by atoms with E-state index in [1.807, 2.05) is 53.8 Å². The van der Waals surface area contributed by atoms with Crippen molar-refractivity contribution in [3.05, 3.63) is 170 Å². The number of hydrogen-bond acceptors (Lipinski definition) is 6. The van der Waals surface area contributed by atoms with Crippen LogP contribution in [0.5, 0.6) is 0 Å². The highest BCUT2D eigenvalue weighted by Gasteiger charge is 2.16. The summed E-state index contributed by atoms with van der Waals surface area (Å²) in [5, 5.41) is 2.37. The van der Waals surface area contributed by atoms with Gasteiger partial charge in [0.25, 0.3) is 5.89 Å². The van der Waals surface area contributed by atoms with Crippen LogP contribution in [-0.2, 0) is 0 Å². The molecule has 51 heavy (non-hydrogen) atoms. The number of aromatic nitrogens is 1. The summed E-state index contributed by atoms with van der Waals surface area (Å²) < 4.78 is 19.0. The fourth-order valence-corrected chi connectivity index (χ4v) is 7.73. The Morgan fingerprint density at radius 3 is 1.84 bits per heavy atom. The van der Waals surface area contributed by atoms with Crippen molar-refractivity contribution in [3.8, 4) is 44.5 Å². The first kappa shape index (κ1) is 29.3. The summed E-state index contributed by atoms with van der Waals surface area (Å²) in [5.41, 5.74) is 9.91. The van der Waals surface area contributed by atoms with Gasteiger partial charge in [0, 0.05) is 37.6 Å². The lowest BCUT2D eigenvalue weighted by Crippen LogP contribution is -2.09. The molecule has 5 nitrogen and oxygen atoms in total. The molecule has 0 amide bonds. The van der Waals surface area contributed by atoms with E-state index >= 15 is 0 Å². The third-order valence-corrected chi connectivity index (χ3v) is 10.4. The van der Waals surface area contributed by atoms with Crippen molar-refractivity contribution in [1.29, 1.82) is 0 Å². The van der Waals surface area contributed by atoms with Crippen molar-refractivity contribution < 1.29 is 13.3 Å². The summed E-state index contributed by atoms with van der Waals surface area (Å²) >= 11 is 1.82. The normalized spacial score (nSPS) is 11.5. The number of para-hydroxylation sites is 1. The van der Waals surface area contributed by atoms with E-state index in [9.17, 15) is 0 Å². The van der Waals surface area contributed by atoms with E-state index in [4.69, 9.17) is 13.3 Å².